The molecule has 1 N–H and O–H groups in total. The number of amides is 1. The quantitative estimate of drug-likeness (QED) is 0.680. The number of alkyl halides is 6. The highest BCUT2D eigenvalue weighted by Gasteiger charge is 2.54. The van der Waals surface area contributed by atoms with Crippen LogP contribution in [0.4, 0.5) is 26.3 Å². The molecule has 0 aromatic heterocycles. The second-order valence-electron chi connectivity index (χ2n) is 7.92. The van der Waals surface area contributed by atoms with E-state index in [0.717, 1.165) is 17.9 Å². The van der Waals surface area contributed by atoms with Crippen molar-refractivity contribution in [2.75, 3.05) is 26.2 Å². The van der Waals surface area contributed by atoms with Crippen molar-refractivity contribution in [1.29, 1.82) is 0 Å². The molecular formula is C20H22F6N2O4. The second-order valence-corrected chi connectivity index (χ2v) is 7.92. The summed E-state index contributed by atoms with van der Waals surface area (Å²) in [7, 11) is 0. The largest absolute Gasteiger partial charge is 0.480 e. The molecule has 1 aromatic rings. The van der Waals surface area contributed by atoms with E-state index in [1.807, 2.05) is 6.92 Å². The van der Waals surface area contributed by atoms with E-state index in [1.165, 1.54) is 0 Å². The lowest BCUT2D eigenvalue weighted by Crippen LogP contribution is -2.58. The lowest BCUT2D eigenvalue weighted by Gasteiger charge is -2.44. The number of piperidine rings is 1. The molecule has 0 bridgehead atoms. The van der Waals surface area contributed by atoms with Crippen LogP contribution in [0.5, 0.6) is 0 Å². The Morgan fingerprint density at radius 2 is 1.59 bits per heavy atom. The topological polar surface area (TPSA) is 70.1 Å². The predicted octanol–water partition coefficient (Wildman–Crippen LogP) is 3.85. The van der Waals surface area contributed by atoms with Crippen LogP contribution in [0.15, 0.2) is 18.2 Å². The van der Waals surface area contributed by atoms with Crippen molar-refractivity contribution in [2.24, 2.45) is 0 Å². The zero-order valence-electron chi connectivity index (χ0n) is 17.1. The van der Waals surface area contributed by atoms with Gasteiger partial charge < -0.3 is 14.7 Å². The molecule has 1 spiro atoms. The molecule has 2 aliphatic heterocycles. The van der Waals surface area contributed by atoms with Crippen LogP contribution in [-0.4, -0.2) is 64.8 Å². The minimum absolute atomic E-state index is 0.0784. The van der Waals surface area contributed by atoms with E-state index >= 15 is 0 Å². The minimum Gasteiger partial charge on any atom is -0.480 e. The van der Waals surface area contributed by atoms with Crippen LogP contribution in [0.3, 0.4) is 0 Å². The van der Waals surface area contributed by atoms with Crippen molar-refractivity contribution < 1.29 is 45.8 Å². The zero-order valence-corrected chi connectivity index (χ0v) is 17.1. The number of benzene rings is 1. The number of halogens is 6. The third-order valence-electron chi connectivity index (χ3n) is 5.78. The van der Waals surface area contributed by atoms with E-state index < -0.39 is 59.3 Å². The number of aliphatic carboxylic acids is 1. The van der Waals surface area contributed by atoms with Crippen molar-refractivity contribution >= 4 is 11.9 Å². The Balaban J connectivity index is 2.03. The monoisotopic (exact) mass is 468 g/mol. The number of carbonyl (C=O) groups excluding carboxylic acids is 1. The molecule has 2 heterocycles. The van der Waals surface area contributed by atoms with E-state index in [1.54, 1.807) is 0 Å². The number of ether oxygens (including phenoxy) is 1. The summed E-state index contributed by atoms with van der Waals surface area (Å²) in [6.07, 6.45) is -9.03. The number of nitrogens with zero attached hydrogens (tertiary/aromatic N) is 2. The Kier molecular flexibility index (Phi) is 6.49. The zero-order chi connectivity index (χ0) is 23.9. The van der Waals surface area contributed by atoms with Crippen LogP contribution in [0.1, 0.15) is 47.7 Å². The van der Waals surface area contributed by atoms with Crippen LogP contribution >= 0.6 is 0 Å². The molecule has 1 unspecified atom stereocenters. The molecule has 0 aliphatic carbocycles. The van der Waals surface area contributed by atoms with E-state index in [-0.39, 0.29) is 18.9 Å². The standard InChI is InChI=1S/C20H22F6N2O4/c1-2-5-27-6-3-18(4-7-27)28(15(11-32-18)17(30)31)16(29)12-8-13(19(21,22)23)10-14(9-12)20(24,25)26/h8-10,15H,2-7,11H2,1H3,(H,30,31). The first-order valence-corrected chi connectivity index (χ1v) is 10.0. The third kappa shape index (κ3) is 4.70. The molecule has 0 saturated carbocycles. The van der Waals surface area contributed by atoms with Crippen LogP contribution in [0.2, 0.25) is 0 Å². The molecule has 12 heteroatoms. The van der Waals surface area contributed by atoms with Gasteiger partial charge in [0, 0.05) is 31.5 Å². The van der Waals surface area contributed by atoms with Gasteiger partial charge in [0.05, 0.1) is 17.7 Å². The summed E-state index contributed by atoms with van der Waals surface area (Å²) < 4.78 is 85.1. The van der Waals surface area contributed by atoms with Gasteiger partial charge in [0.15, 0.2) is 6.04 Å². The van der Waals surface area contributed by atoms with Crippen molar-refractivity contribution in [3.63, 3.8) is 0 Å². The molecule has 2 aliphatic rings. The molecule has 6 nitrogen and oxygen atoms in total. The summed E-state index contributed by atoms with van der Waals surface area (Å²) in [4.78, 5) is 27.9. The number of hydrogen-bond donors (Lipinski definition) is 1. The molecule has 1 amide bonds. The number of carboxylic acids is 1. The van der Waals surface area contributed by atoms with Crippen LogP contribution < -0.4 is 0 Å². The molecule has 178 valence electrons. The summed E-state index contributed by atoms with van der Waals surface area (Å²) in [6.45, 7) is 3.22. The van der Waals surface area contributed by atoms with Gasteiger partial charge in [-0.15, -0.1) is 0 Å². The molecule has 3 rings (SSSR count). The third-order valence-corrected chi connectivity index (χ3v) is 5.78. The Hall–Kier alpha value is -2.34. The maximum atomic E-state index is 13.2. The Morgan fingerprint density at radius 1 is 1.06 bits per heavy atom. The van der Waals surface area contributed by atoms with Crippen molar-refractivity contribution in [2.45, 2.75) is 50.3 Å². The van der Waals surface area contributed by atoms with E-state index in [4.69, 9.17) is 4.74 Å². The maximum Gasteiger partial charge on any atom is 0.416 e. The first kappa shape index (κ1) is 24.3. The highest BCUT2D eigenvalue weighted by atomic mass is 19.4. The molecule has 2 saturated heterocycles. The molecule has 1 atom stereocenters. The summed E-state index contributed by atoms with van der Waals surface area (Å²) >= 11 is 0. The van der Waals surface area contributed by atoms with Crippen LogP contribution in [-0.2, 0) is 21.9 Å². The van der Waals surface area contributed by atoms with Crippen LogP contribution in [0, 0.1) is 0 Å². The Morgan fingerprint density at radius 3 is 2.03 bits per heavy atom. The van der Waals surface area contributed by atoms with Gasteiger partial charge >= 0.3 is 18.3 Å². The SMILES string of the molecule is CCCN1CCC2(CC1)OCC(C(=O)O)N2C(=O)c1cc(C(F)(F)F)cc(C(F)(F)F)c1. The van der Waals surface area contributed by atoms with Gasteiger partial charge in [-0.25, -0.2) is 4.79 Å². The fraction of sp³-hybridized carbons (Fsp3) is 0.600. The highest BCUT2D eigenvalue weighted by Crippen LogP contribution is 2.41. The van der Waals surface area contributed by atoms with Crippen LogP contribution in [0.25, 0.3) is 0 Å². The van der Waals surface area contributed by atoms with Crippen molar-refractivity contribution in [1.82, 2.24) is 9.80 Å². The van der Waals surface area contributed by atoms with Gasteiger partial charge in [-0.2, -0.15) is 26.3 Å². The number of carbonyl (C=O) groups is 2. The summed E-state index contributed by atoms with van der Waals surface area (Å²) in [5, 5.41) is 9.55. The summed E-state index contributed by atoms with van der Waals surface area (Å²) in [5.41, 5.74) is -5.58. The molecule has 2 fully saturated rings. The molecule has 0 radical (unpaired) electrons. The number of likely N-dealkylation sites (tertiary alicyclic amines) is 1. The average molecular weight is 468 g/mol. The Bertz CT molecular complexity index is 846. The van der Waals surface area contributed by atoms with Gasteiger partial charge in [-0.3, -0.25) is 9.69 Å². The summed E-state index contributed by atoms with van der Waals surface area (Å²) in [6, 6.07) is -0.974. The van der Waals surface area contributed by atoms with Crippen molar-refractivity contribution in [3.8, 4) is 0 Å². The second kappa shape index (κ2) is 8.54. The van der Waals surface area contributed by atoms with E-state index in [9.17, 15) is 41.0 Å². The number of hydrogen-bond acceptors (Lipinski definition) is 4. The minimum atomic E-state index is -5.13. The fourth-order valence-electron chi connectivity index (χ4n) is 4.22. The highest BCUT2D eigenvalue weighted by molar-refractivity contribution is 5.98. The normalized spacial score (nSPS) is 21.8. The summed E-state index contributed by atoms with van der Waals surface area (Å²) in [5.74, 6) is -2.69. The average Bonchev–Trinajstić information content (AvgIpc) is 3.07. The van der Waals surface area contributed by atoms with Crippen molar-refractivity contribution in [3.05, 3.63) is 34.9 Å². The fourth-order valence-corrected chi connectivity index (χ4v) is 4.22. The predicted molar refractivity (Wildman–Crippen MR) is 98.7 cm³/mol. The van der Waals surface area contributed by atoms with E-state index in [0.29, 0.717) is 25.2 Å². The van der Waals surface area contributed by atoms with Gasteiger partial charge in [-0.1, -0.05) is 6.92 Å². The Labute approximate surface area is 179 Å². The lowest BCUT2D eigenvalue weighted by molar-refractivity contribution is -0.145. The molecule has 1 aromatic carbocycles. The number of carboxylic acid groups (broad SMARTS) is 1. The molecule has 32 heavy (non-hydrogen) atoms. The maximum absolute atomic E-state index is 13.2. The number of rotatable bonds is 4. The molecular weight excluding hydrogens is 446 g/mol. The lowest BCUT2D eigenvalue weighted by atomic mass is 9.95. The van der Waals surface area contributed by atoms with E-state index in [2.05, 4.69) is 4.90 Å². The smallest absolute Gasteiger partial charge is 0.416 e. The first-order chi connectivity index (χ1) is 14.8. The first-order valence-electron chi connectivity index (χ1n) is 10.0. The van der Waals surface area contributed by atoms with Gasteiger partial charge in [0.2, 0.25) is 0 Å². The van der Waals surface area contributed by atoms with Gasteiger partial charge in [-0.05, 0) is 31.2 Å². The van der Waals surface area contributed by atoms with Gasteiger partial charge in [0.25, 0.3) is 5.91 Å². The van der Waals surface area contributed by atoms with Gasteiger partial charge in [0.1, 0.15) is 5.72 Å².